The summed E-state index contributed by atoms with van der Waals surface area (Å²) in [5.41, 5.74) is 3.18. The molecule has 0 spiro atoms. The van der Waals surface area contributed by atoms with Gasteiger partial charge in [-0.1, -0.05) is 30.4 Å². The quantitative estimate of drug-likeness (QED) is 0.866. The molecule has 2 aromatic rings. The summed E-state index contributed by atoms with van der Waals surface area (Å²) >= 11 is 0. The Morgan fingerprint density at radius 1 is 1.00 bits per heavy atom. The first-order valence-electron chi connectivity index (χ1n) is 9.81. The van der Waals surface area contributed by atoms with Crippen LogP contribution < -0.4 is 5.32 Å². The number of urea groups is 1. The smallest absolute Gasteiger partial charge is 0.318 e. The molecule has 0 aliphatic carbocycles. The van der Waals surface area contributed by atoms with Gasteiger partial charge in [-0.05, 0) is 50.1 Å². The Morgan fingerprint density at radius 2 is 1.62 bits per heavy atom. The number of piperazine rings is 1. The maximum atomic E-state index is 12.8. The lowest BCUT2D eigenvalue weighted by Gasteiger charge is -2.37. The predicted octanol–water partition coefficient (Wildman–Crippen LogP) is 3.52. The Kier molecular flexibility index (Phi) is 6.01. The van der Waals surface area contributed by atoms with Crippen LogP contribution in [0.5, 0.6) is 0 Å². The number of amides is 3. The van der Waals surface area contributed by atoms with E-state index in [1.165, 1.54) is 0 Å². The highest BCUT2D eigenvalue weighted by Gasteiger charge is 2.29. The molecule has 152 valence electrons. The van der Waals surface area contributed by atoms with Crippen LogP contribution >= 0.6 is 0 Å². The van der Waals surface area contributed by atoms with Gasteiger partial charge in [0.1, 0.15) is 0 Å². The largest absolute Gasteiger partial charge is 0.335 e. The van der Waals surface area contributed by atoms with Crippen molar-refractivity contribution in [3.05, 3.63) is 72.1 Å². The second kappa shape index (κ2) is 8.47. The van der Waals surface area contributed by atoms with Crippen molar-refractivity contribution < 1.29 is 9.59 Å². The number of hydrogen-bond donors (Lipinski definition) is 1. The number of carbonyl (C=O) groups excluding carboxylic acids is 2. The minimum Gasteiger partial charge on any atom is -0.335 e. The molecule has 2 heterocycles. The lowest BCUT2D eigenvalue weighted by molar-refractivity contribution is 0.0660. The summed E-state index contributed by atoms with van der Waals surface area (Å²) in [4.78, 5) is 32.9. The topological polar surface area (TPSA) is 65.5 Å². The van der Waals surface area contributed by atoms with Gasteiger partial charge in [0, 0.05) is 44.1 Å². The van der Waals surface area contributed by atoms with Crippen molar-refractivity contribution in [2.45, 2.75) is 26.3 Å². The number of allylic oxidation sites excluding steroid dienone is 1. The first-order valence-corrected chi connectivity index (χ1v) is 9.81. The van der Waals surface area contributed by atoms with Gasteiger partial charge in [0.25, 0.3) is 5.91 Å². The Morgan fingerprint density at radius 3 is 2.24 bits per heavy atom. The molecule has 1 fully saturated rings. The van der Waals surface area contributed by atoms with E-state index in [4.69, 9.17) is 0 Å². The van der Waals surface area contributed by atoms with Crippen molar-refractivity contribution in [1.29, 1.82) is 0 Å². The van der Waals surface area contributed by atoms with Gasteiger partial charge in [-0.25, -0.2) is 4.79 Å². The molecule has 3 rings (SSSR count). The second-order valence-corrected chi connectivity index (χ2v) is 7.93. The standard InChI is InChI=1S/C23H28N4O2/c1-17(2)19-6-5-7-20(16-19)23(3,4)25-22(29)27-14-12-26(13-15-27)21(28)18-8-10-24-11-9-18/h5-11,16H,1,12-15H2,2-4H3,(H,25,29). The number of nitrogens with one attached hydrogen (secondary N) is 1. The van der Waals surface area contributed by atoms with Crippen molar-refractivity contribution in [3.63, 3.8) is 0 Å². The Hall–Kier alpha value is -3.15. The highest BCUT2D eigenvalue weighted by atomic mass is 16.2. The van der Waals surface area contributed by atoms with Gasteiger partial charge < -0.3 is 15.1 Å². The molecule has 0 atom stereocenters. The third kappa shape index (κ3) is 4.83. The fourth-order valence-corrected chi connectivity index (χ4v) is 3.38. The molecular weight excluding hydrogens is 364 g/mol. The van der Waals surface area contributed by atoms with E-state index in [0.29, 0.717) is 31.7 Å². The fourth-order valence-electron chi connectivity index (χ4n) is 3.38. The molecule has 1 saturated heterocycles. The van der Waals surface area contributed by atoms with Gasteiger partial charge in [-0.2, -0.15) is 0 Å². The van der Waals surface area contributed by atoms with Crippen molar-refractivity contribution in [2.75, 3.05) is 26.2 Å². The van der Waals surface area contributed by atoms with Gasteiger partial charge in [-0.15, -0.1) is 0 Å². The Labute approximate surface area is 172 Å². The van der Waals surface area contributed by atoms with Crippen LogP contribution in [0.15, 0.2) is 55.4 Å². The molecule has 0 unspecified atom stereocenters. The maximum Gasteiger partial charge on any atom is 0.318 e. The number of pyridine rings is 1. The molecule has 3 amide bonds. The summed E-state index contributed by atoms with van der Waals surface area (Å²) in [6.07, 6.45) is 3.23. The molecule has 6 nitrogen and oxygen atoms in total. The lowest BCUT2D eigenvalue weighted by atomic mass is 9.92. The third-order valence-corrected chi connectivity index (χ3v) is 5.28. The molecule has 1 aromatic heterocycles. The van der Waals surface area contributed by atoms with Crippen molar-refractivity contribution >= 4 is 17.5 Å². The molecule has 29 heavy (non-hydrogen) atoms. The van der Waals surface area contributed by atoms with E-state index in [9.17, 15) is 9.59 Å². The van der Waals surface area contributed by atoms with Crippen LogP contribution in [0.1, 0.15) is 42.3 Å². The number of nitrogens with zero attached hydrogens (tertiary/aromatic N) is 3. The molecule has 1 N–H and O–H groups in total. The van der Waals surface area contributed by atoms with E-state index >= 15 is 0 Å². The van der Waals surface area contributed by atoms with E-state index in [1.807, 2.05) is 39.0 Å². The molecule has 0 bridgehead atoms. The molecule has 6 heteroatoms. The summed E-state index contributed by atoms with van der Waals surface area (Å²) in [6.45, 7) is 12.0. The van der Waals surface area contributed by atoms with Gasteiger partial charge >= 0.3 is 6.03 Å². The van der Waals surface area contributed by atoms with Crippen LogP contribution in [0.3, 0.4) is 0 Å². The van der Waals surface area contributed by atoms with Crippen LogP contribution in [0.25, 0.3) is 5.57 Å². The summed E-state index contributed by atoms with van der Waals surface area (Å²) in [7, 11) is 0. The average molecular weight is 393 g/mol. The van der Waals surface area contributed by atoms with Gasteiger partial charge in [0.15, 0.2) is 0 Å². The number of rotatable bonds is 4. The highest BCUT2D eigenvalue weighted by molar-refractivity contribution is 5.94. The maximum absolute atomic E-state index is 12.8. The number of carbonyl (C=O) groups is 2. The van der Waals surface area contributed by atoms with Crippen LogP contribution in [-0.4, -0.2) is 52.9 Å². The third-order valence-electron chi connectivity index (χ3n) is 5.28. The molecule has 0 saturated carbocycles. The van der Waals surface area contributed by atoms with E-state index in [-0.39, 0.29) is 11.9 Å². The molecule has 0 radical (unpaired) electrons. The van der Waals surface area contributed by atoms with E-state index in [0.717, 1.165) is 16.7 Å². The average Bonchev–Trinajstić information content (AvgIpc) is 2.73. The van der Waals surface area contributed by atoms with Crippen LogP contribution in [0.4, 0.5) is 4.79 Å². The van der Waals surface area contributed by atoms with Gasteiger partial charge in [0.05, 0.1) is 5.54 Å². The fraction of sp³-hybridized carbons (Fsp3) is 0.348. The zero-order valence-electron chi connectivity index (χ0n) is 17.3. The van der Waals surface area contributed by atoms with E-state index < -0.39 is 5.54 Å². The number of hydrogen-bond acceptors (Lipinski definition) is 3. The van der Waals surface area contributed by atoms with E-state index in [2.05, 4.69) is 22.9 Å². The Bertz CT molecular complexity index is 900. The summed E-state index contributed by atoms with van der Waals surface area (Å²) in [5.74, 6) is -0.0237. The minimum absolute atomic E-state index is 0.0237. The van der Waals surface area contributed by atoms with Crippen molar-refractivity contribution in [1.82, 2.24) is 20.1 Å². The summed E-state index contributed by atoms with van der Waals surface area (Å²) in [6, 6.07) is 11.4. The normalized spacial score (nSPS) is 14.4. The van der Waals surface area contributed by atoms with Gasteiger partial charge in [-0.3, -0.25) is 9.78 Å². The van der Waals surface area contributed by atoms with Crippen LogP contribution in [-0.2, 0) is 5.54 Å². The number of aromatic nitrogens is 1. The SMILES string of the molecule is C=C(C)c1cccc(C(C)(C)NC(=O)N2CCN(C(=O)c3ccncc3)CC2)c1. The predicted molar refractivity (Wildman–Crippen MR) is 114 cm³/mol. The first-order chi connectivity index (χ1) is 13.8. The zero-order chi connectivity index (χ0) is 21.0. The Balaban J connectivity index is 1.60. The molecular formula is C23H28N4O2. The van der Waals surface area contributed by atoms with E-state index in [1.54, 1.807) is 34.3 Å². The monoisotopic (exact) mass is 392 g/mol. The van der Waals surface area contributed by atoms with Crippen molar-refractivity contribution in [3.8, 4) is 0 Å². The number of benzene rings is 1. The van der Waals surface area contributed by atoms with Crippen LogP contribution in [0, 0.1) is 0 Å². The summed E-state index contributed by atoms with van der Waals surface area (Å²) in [5, 5.41) is 3.13. The molecule has 1 aliphatic heterocycles. The highest BCUT2D eigenvalue weighted by Crippen LogP contribution is 2.24. The zero-order valence-corrected chi connectivity index (χ0v) is 17.3. The van der Waals surface area contributed by atoms with Crippen LogP contribution in [0.2, 0.25) is 0 Å². The van der Waals surface area contributed by atoms with Gasteiger partial charge in [0.2, 0.25) is 0 Å². The second-order valence-electron chi connectivity index (χ2n) is 7.93. The molecule has 1 aliphatic rings. The first kappa shape index (κ1) is 20.6. The summed E-state index contributed by atoms with van der Waals surface area (Å²) < 4.78 is 0. The lowest BCUT2D eigenvalue weighted by Crippen LogP contribution is -2.55. The minimum atomic E-state index is -0.521. The van der Waals surface area contributed by atoms with Crippen molar-refractivity contribution in [2.24, 2.45) is 0 Å². The molecule has 1 aromatic carbocycles.